The lowest BCUT2D eigenvalue weighted by Gasteiger charge is -2.25. The molecule has 0 aliphatic carbocycles. The van der Waals surface area contributed by atoms with Crippen molar-refractivity contribution in [3.05, 3.63) is 70.4 Å². The van der Waals surface area contributed by atoms with Gasteiger partial charge in [-0.15, -0.1) is 0 Å². The van der Waals surface area contributed by atoms with Crippen LogP contribution < -0.4 is 4.90 Å². The molecule has 106 valence electrons. The van der Waals surface area contributed by atoms with E-state index >= 15 is 0 Å². The fourth-order valence-corrected chi connectivity index (χ4v) is 2.98. The van der Waals surface area contributed by atoms with Gasteiger partial charge in [0.15, 0.2) is 5.78 Å². The number of ketones is 1. The Morgan fingerprint density at radius 2 is 1.86 bits per heavy atom. The summed E-state index contributed by atoms with van der Waals surface area (Å²) in [4.78, 5) is 14.7. The number of nitrogens with zero attached hydrogens (tertiary/aromatic N) is 1. The highest BCUT2D eigenvalue weighted by Gasteiger charge is 2.23. The van der Waals surface area contributed by atoms with Gasteiger partial charge in [0.05, 0.1) is 11.6 Å². The van der Waals surface area contributed by atoms with Crippen molar-refractivity contribution in [3.8, 4) is 0 Å². The minimum absolute atomic E-state index is 0.0548. The Balaban J connectivity index is 2.13. The fourth-order valence-electron chi connectivity index (χ4n) is 2.69. The average molecular weight is 298 g/mol. The number of Topliss-reactive ketones (excluding diaryl/α,β-unsaturated/α-hetero) is 1. The number of carbonyl (C=O) groups is 1. The second-order valence-corrected chi connectivity index (χ2v) is 5.45. The summed E-state index contributed by atoms with van der Waals surface area (Å²) in [6.07, 6.45) is 2.92. The third-order valence-corrected chi connectivity index (χ3v) is 4.04. The SMILES string of the molecule is CCC1=Cc2cccc(Cl)c2C(=O)CN1c1ccccc1. The predicted molar refractivity (Wildman–Crippen MR) is 87.8 cm³/mol. The van der Waals surface area contributed by atoms with E-state index in [0.717, 1.165) is 23.4 Å². The Morgan fingerprint density at radius 3 is 2.57 bits per heavy atom. The van der Waals surface area contributed by atoms with Crippen LogP contribution in [-0.2, 0) is 0 Å². The molecule has 0 atom stereocenters. The van der Waals surface area contributed by atoms with Crippen molar-refractivity contribution in [1.82, 2.24) is 0 Å². The quantitative estimate of drug-likeness (QED) is 0.794. The molecule has 2 aromatic carbocycles. The lowest BCUT2D eigenvalue weighted by molar-refractivity contribution is 0.100. The molecule has 0 saturated carbocycles. The summed E-state index contributed by atoms with van der Waals surface area (Å²) in [6, 6.07) is 15.6. The van der Waals surface area contributed by atoms with E-state index in [0.29, 0.717) is 17.1 Å². The second kappa shape index (κ2) is 5.74. The van der Waals surface area contributed by atoms with Crippen LogP contribution in [0.5, 0.6) is 0 Å². The van der Waals surface area contributed by atoms with E-state index in [1.54, 1.807) is 6.07 Å². The minimum atomic E-state index is 0.0548. The molecule has 1 aliphatic heterocycles. The van der Waals surface area contributed by atoms with Gasteiger partial charge in [-0.25, -0.2) is 0 Å². The lowest BCUT2D eigenvalue weighted by Crippen LogP contribution is -2.27. The lowest BCUT2D eigenvalue weighted by atomic mass is 10.0. The molecule has 3 heteroatoms. The highest BCUT2D eigenvalue weighted by Crippen LogP contribution is 2.30. The van der Waals surface area contributed by atoms with E-state index < -0.39 is 0 Å². The summed E-state index contributed by atoms with van der Waals surface area (Å²) < 4.78 is 0. The highest BCUT2D eigenvalue weighted by molar-refractivity contribution is 6.34. The van der Waals surface area contributed by atoms with Gasteiger partial charge in [-0.2, -0.15) is 0 Å². The normalized spacial score (nSPS) is 14.5. The van der Waals surface area contributed by atoms with Gasteiger partial charge >= 0.3 is 0 Å². The zero-order chi connectivity index (χ0) is 14.8. The Hall–Kier alpha value is -2.06. The van der Waals surface area contributed by atoms with Gasteiger partial charge in [-0.05, 0) is 36.3 Å². The molecule has 2 nitrogen and oxygen atoms in total. The van der Waals surface area contributed by atoms with Gasteiger partial charge in [-0.1, -0.05) is 48.9 Å². The molecule has 1 aliphatic rings. The smallest absolute Gasteiger partial charge is 0.184 e. The average Bonchev–Trinajstić information content (AvgIpc) is 2.65. The molecule has 0 N–H and O–H groups in total. The van der Waals surface area contributed by atoms with Gasteiger partial charge in [0.25, 0.3) is 0 Å². The third-order valence-electron chi connectivity index (χ3n) is 3.73. The van der Waals surface area contributed by atoms with Crippen LogP contribution >= 0.6 is 11.6 Å². The third kappa shape index (κ3) is 2.59. The molecular formula is C18H16ClNO. The number of halogens is 1. The number of hydrogen-bond donors (Lipinski definition) is 0. The second-order valence-electron chi connectivity index (χ2n) is 5.04. The van der Waals surface area contributed by atoms with Crippen molar-refractivity contribution in [3.63, 3.8) is 0 Å². The van der Waals surface area contributed by atoms with Gasteiger partial charge in [-0.3, -0.25) is 4.79 Å². The van der Waals surface area contributed by atoms with Crippen molar-refractivity contribution in [2.75, 3.05) is 11.4 Å². The summed E-state index contributed by atoms with van der Waals surface area (Å²) in [6.45, 7) is 2.42. The summed E-state index contributed by atoms with van der Waals surface area (Å²) in [7, 11) is 0. The van der Waals surface area contributed by atoms with Gasteiger partial charge < -0.3 is 4.90 Å². The zero-order valence-electron chi connectivity index (χ0n) is 11.8. The molecule has 0 spiro atoms. The maximum Gasteiger partial charge on any atom is 0.184 e. The molecular weight excluding hydrogens is 282 g/mol. The number of allylic oxidation sites excluding steroid dienone is 1. The first-order valence-electron chi connectivity index (χ1n) is 7.05. The molecule has 3 rings (SSSR count). The Morgan fingerprint density at radius 1 is 1.10 bits per heavy atom. The maximum absolute atomic E-state index is 12.6. The molecule has 0 bridgehead atoms. The minimum Gasteiger partial charge on any atom is -0.337 e. The molecule has 1 heterocycles. The number of hydrogen-bond acceptors (Lipinski definition) is 2. The van der Waals surface area contributed by atoms with Crippen LogP contribution in [0.3, 0.4) is 0 Å². The fraction of sp³-hybridized carbons (Fsp3) is 0.167. The Labute approximate surface area is 129 Å². The largest absolute Gasteiger partial charge is 0.337 e. The summed E-state index contributed by atoms with van der Waals surface area (Å²) >= 11 is 6.23. The number of carbonyl (C=O) groups excluding carboxylic acids is 1. The molecule has 2 aromatic rings. The molecule has 0 fully saturated rings. The van der Waals surface area contributed by atoms with E-state index in [1.165, 1.54) is 0 Å². The summed E-state index contributed by atoms with van der Waals surface area (Å²) in [5.74, 6) is 0.0548. The number of fused-ring (bicyclic) bond motifs is 1. The highest BCUT2D eigenvalue weighted by atomic mass is 35.5. The van der Waals surface area contributed by atoms with Crippen LogP contribution in [0, 0.1) is 0 Å². The number of benzene rings is 2. The zero-order valence-corrected chi connectivity index (χ0v) is 12.6. The van der Waals surface area contributed by atoms with E-state index in [4.69, 9.17) is 11.6 Å². The van der Waals surface area contributed by atoms with Crippen LogP contribution in [0.1, 0.15) is 29.3 Å². The van der Waals surface area contributed by atoms with Crippen LogP contribution in [0.2, 0.25) is 5.02 Å². The van der Waals surface area contributed by atoms with Crippen LogP contribution in [0.15, 0.2) is 54.2 Å². The van der Waals surface area contributed by atoms with E-state index in [1.807, 2.05) is 42.5 Å². The standard InChI is InChI=1S/C18H16ClNO/c1-2-14-11-13-7-6-10-16(19)18(13)17(21)12-20(14)15-8-4-3-5-9-15/h3-11H,2,12H2,1H3. The van der Waals surface area contributed by atoms with Crippen LogP contribution in [0.25, 0.3) is 6.08 Å². The predicted octanol–water partition coefficient (Wildman–Crippen LogP) is 4.79. The molecule has 0 saturated heterocycles. The summed E-state index contributed by atoms with van der Waals surface area (Å²) in [5, 5.41) is 0.527. The van der Waals surface area contributed by atoms with Crippen molar-refractivity contribution in [2.24, 2.45) is 0 Å². The molecule has 21 heavy (non-hydrogen) atoms. The maximum atomic E-state index is 12.6. The van der Waals surface area contributed by atoms with E-state index in [-0.39, 0.29) is 5.78 Å². The number of rotatable bonds is 2. The van der Waals surface area contributed by atoms with Crippen LogP contribution in [0.4, 0.5) is 5.69 Å². The first-order valence-corrected chi connectivity index (χ1v) is 7.43. The van der Waals surface area contributed by atoms with Crippen molar-refractivity contribution in [2.45, 2.75) is 13.3 Å². The molecule has 0 amide bonds. The molecule has 0 unspecified atom stereocenters. The number of para-hydroxylation sites is 1. The monoisotopic (exact) mass is 297 g/mol. The molecule has 0 aromatic heterocycles. The number of anilines is 1. The van der Waals surface area contributed by atoms with Crippen molar-refractivity contribution >= 4 is 29.1 Å². The summed E-state index contributed by atoms with van der Waals surface area (Å²) in [5.41, 5.74) is 3.68. The first-order chi connectivity index (χ1) is 10.2. The van der Waals surface area contributed by atoms with Gasteiger partial charge in [0, 0.05) is 16.9 Å². The van der Waals surface area contributed by atoms with Gasteiger partial charge in [0.2, 0.25) is 0 Å². The van der Waals surface area contributed by atoms with Crippen molar-refractivity contribution < 1.29 is 4.79 Å². The van der Waals surface area contributed by atoms with E-state index in [2.05, 4.69) is 17.9 Å². The van der Waals surface area contributed by atoms with Gasteiger partial charge in [0.1, 0.15) is 0 Å². The topological polar surface area (TPSA) is 20.3 Å². The first kappa shape index (κ1) is 13.9. The molecule has 0 radical (unpaired) electrons. The Bertz CT molecular complexity index is 706. The van der Waals surface area contributed by atoms with Crippen molar-refractivity contribution in [1.29, 1.82) is 0 Å². The Kier molecular flexibility index (Phi) is 3.80. The van der Waals surface area contributed by atoms with E-state index in [9.17, 15) is 4.79 Å². The van der Waals surface area contributed by atoms with Crippen LogP contribution in [-0.4, -0.2) is 12.3 Å².